The molecule has 1 aromatic rings. The van der Waals surface area contributed by atoms with Crippen LogP contribution < -0.4 is 11.1 Å². The highest BCUT2D eigenvalue weighted by Gasteiger charge is 2.06. The van der Waals surface area contributed by atoms with Gasteiger partial charge in [0.15, 0.2) is 0 Å². The van der Waals surface area contributed by atoms with E-state index in [-0.39, 0.29) is 17.8 Å². The minimum absolute atomic E-state index is 0.0928. The first-order chi connectivity index (χ1) is 7.49. The smallest absolute Gasteiger partial charge is 0.221 e. The third-order valence-corrected chi connectivity index (χ3v) is 2.25. The van der Waals surface area contributed by atoms with Gasteiger partial charge in [-0.2, -0.15) is 0 Å². The molecule has 0 aromatic heterocycles. The van der Waals surface area contributed by atoms with Crippen molar-refractivity contribution in [2.45, 2.75) is 32.7 Å². The van der Waals surface area contributed by atoms with E-state index in [9.17, 15) is 9.18 Å². The second-order valence-corrected chi connectivity index (χ2v) is 4.00. The summed E-state index contributed by atoms with van der Waals surface area (Å²) in [5.41, 5.74) is 7.11. The predicted octanol–water partition coefficient (Wildman–Crippen LogP) is 2.06. The SMILES string of the molecule is CC(=O)Nc1cc(F)ccc1CCC(C)N. The first kappa shape index (κ1) is 12.6. The van der Waals surface area contributed by atoms with E-state index in [0.717, 1.165) is 18.4 Å². The van der Waals surface area contributed by atoms with Crippen LogP contribution in [0.5, 0.6) is 0 Å². The minimum atomic E-state index is -0.353. The van der Waals surface area contributed by atoms with Gasteiger partial charge in [0, 0.05) is 18.7 Å². The maximum absolute atomic E-state index is 13.0. The van der Waals surface area contributed by atoms with Crippen molar-refractivity contribution in [2.75, 3.05) is 5.32 Å². The van der Waals surface area contributed by atoms with Gasteiger partial charge < -0.3 is 11.1 Å². The number of rotatable bonds is 4. The molecule has 0 aliphatic heterocycles. The average molecular weight is 224 g/mol. The molecule has 3 nitrogen and oxygen atoms in total. The summed E-state index contributed by atoms with van der Waals surface area (Å²) in [6, 6.07) is 4.50. The molecule has 0 aliphatic rings. The van der Waals surface area contributed by atoms with Crippen LogP contribution in [-0.2, 0) is 11.2 Å². The molecule has 88 valence electrons. The first-order valence-corrected chi connectivity index (χ1v) is 5.30. The van der Waals surface area contributed by atoms with E-state index in [1.165, 1.54) is 19.1 Å². The van der Waals surface area contributed by atoms with Crippen LogP contribution in [-0.4, -0.2) is 11.9 Å². The summed E-state index contributed by atoms with van der Waals surface area (Å²) in [6.45, 7) is 3.32. The second kappa shape index (κ2) is 5.61. The zero-order chi connectivity index (χ0) is 12.1. The molecule has 0 fully saturated rings. The van der Waals surface area contributed by atoms with Crippen LogP contribution in [0.3, 0.4) is 0 Å². The maximum atomic E-state index is 13.0. The Labute approximate surface area is 94.8 Å². The maximum Gasteiger partial charge on any atom is 0.221 e. The van der Waals surface area contributed by atoms with Crippen molar-refractivity contribution in [3.63, 3.8) is 0 Å². The van der Waals surface area contributed by atoms with E-state index < -0.39 is 0 Å². The first-order valence-electron chi connectivity index (χ1n) is 5.30. The Kier molecular flexibility index (Phi) is 4.43. The van der Waals surface area contributed by atoms with Crippen molar-refractivity contribution < 1.29 is 9.18 Å². The number of benzene rings is 1. The molecule has 0 aliphatic carbocycles. The Bertz CT molecular complexity index is 377. The van der Waals surface area contributed by atoms with Crippen molar-refractivity contribution in [1.82, 2.24) is 0 Å². The average Bonchev–Trinajstić information content (AvgIpc) is 2.15. The Morgan fingerprint density at radius 1 is 1.56 bits per heavy atom. The molecule has 1 unspecified atom stereocenters. The molecule has 0 saturated carbocycles. The fourth-order valence-electron chi connectivity index (χ4n) is 1.46. The number of nitrogens with two attached hydrogens (primary N) is 1. The van der Waals surface area contributed by atoms with Crippen LogP contribution in [0.2, 0.25) is 0 Å². The van der Waals surface area contributed by atoms with Gasteiger partial charge in [-0.1, -0.05) is 6.07 Å². The lowest BCUT2D eigenvalue weighted by Gasteiger charge is -2.11. The number of carbonyl (C=O) groups is 1. The third-order valence-electron chi connectivity index (χ3n) is 2.25. The van der Waals surface area contributed by atoms with Gasteiger partial charge in [-0.25, -0.2) is 4.39 Å². The highest BCUT2D eigenvalue weighted by molar-refractivity contribution is 5.89. The molecule has 3 N–H and O–H groups in total. The molecular weight excluding hydrogens is 207 g/mol. The second-order valence-electron chi connectivity index (χ2n) is 4.00. The number of hydrogen-bond acceptors (Lipinski definition) is 2. The van der Waals surface area contributed by atoms with Crippen LogP contribution in [0.4, 0.5) is 10.1 Å². The Balaban J connectivity index is 2.84. The summed E-state index contributed by atoms with van der Waals surface area (Å²) in [5.74, 6) is -0.555. The van der Waals surface area contributed by atoms with Gasteiger partial charge in [0.05, 0.1) is 0 Å². The van der Waals surface area contributed by atoms with Gasteiger partial charge in [0.25, 0.3) is 0 Å². The van der Waals surface area contributed by atoms with E-state index in [1.807, 2.05) is 6.92 Å². The highest BCUT2D eigenvalue weighted by Crippen LogP contribution is 2.19. The van der Waals surface area contributed by atoms with Crippen LogP contribution in [0.1, 0.15) is 25.8 Å². The molecular formula is C12H17FN2O. The summed E-state index contributed by atoms with van der Waals surface area (Å²) in [5, 5.41) is 2.62. The fraction of sp³-hybridized carbons (Fsp3) is 0.417. The zero-order valence-electron chi connectivity index (χ0n) is 9.59. The normalized spacial score (nSPS) is 12.2. The monoisotopic (exact) mass is 224 g/mol. The Morgan fingerprint density at radius 3 is 2.81 bits per heavy atom. The van der Waals surface area contributed by atoms with Gasteiger partial charge in [-0.05, 0) is 37.5 Å². The molecule has 4 heteroatoms. The zero-order valence-corrected chi connectivity index (χ0v) is 9.59. The highest BCUT2D eigenvalue weighted by atomic mass is 19.1. The van der Waals surface area contributed by atoms with Crippen LogP contribution in [0, 0.1) is 5.82 Å². The number of amides is 1. The number of hydrogen-bond donors (Lipinski definition) is 2. The van der Waals surface area contributed by atoms with E-state index in [4.69, 9.17) is 5.73 Å². The van der Waals surface area contributed by atoms with Crippen LogP contribution >= 0.6 is 0 Å². The van der Waals surface area contributed by atoms with Crippen molar-refractivity contribution in [3.05, 3.63) is 29.6 Å². The van der Waals surface area contributed by atoms with Crippen LogP contribution in [0.15, 0.2) is 18.2 Å². The molecule has 0 saturated heterocycles. The number of carbonyl (C=O) groups excluding carboxylic acids is 1. The molecule has 0 bridgehead atoms. The van der Waals surface area contributed by atoms with E-state index in [2.05, 4.69) is 5.32 Å². The van der Waals surface area contributed by atoms with Crippen molar-refractivity contribution in [3.8, 4) is 0 Å². The molecule has 16 heavy (non-hydrogen) atoms. The standard InChI is InChI=1S/C12H17FN2O/c1-8(14)3-4-10-5-6-11(13)7-12(10)15-9(2)16/h5-8H,3-4,14H2,1-2H3,(H,15,16). The summed E-state index contributed by atoms with van der Waals surface area (Å²) >= 11 is 0. The van der Waals surface area contributed by atoms with Crippen molar-refractivity contribution in [2.24, 2.45) is 5.73 Å². The van der Waals surface area contributed by atoms with Gasteiger partial charge in [-0.15, -0.1) is 0 Å². The predicted molar refractivity (Wildman–Crippen MR) is 62.7 cm³/mol. The lowest BCUT2D eigenvalue weighted by molar-refractivity contribution is -0.114. The molecule has 1 amide bonds. The topological polar surface area (TPSA) is 55.1 Å². The number of anilines is 1. The molecule has 0 heterocycles. The summed E-state index contributed by atoms with van der Waals surface area (Å²) in [6.07, 6.45) is 1.53. The Morgan fingerprint density at radius 2 is 2.25 bits per heavy atom. The van der Waals surface area contributed by atoms with Gasteiger partial charge in [0.2, 0.25) is 5.91 Å². The summed E-state index contributed by atoms with van der Waals surface area (Å²) in [4.78, 5) is 11.0. The van der Waals surface area contributed by atoms with Crippen molar-refractivity contribution in [1.29, 1.82) is 0 Å². The van der Waals surface area contributed by atoms with E-state index in [0.29, 0.717) is 5.69 Å². The molecule has 1 rings (SSSR count). The lowest BCUT2D eigenvalue weighted by atomic mass is 10.0. The molecule has 1 atom stereocenters. The largest absolute Gasteiger partial charge is 0.328 e. The summed E-state index contributed by atoms with van der Waals surface area (Å²) < 4.78 is 13.0. The minimum Gasteiger partial charge on any atom is -0.328 e. The third kappa shape index (κ3) is 3.98. The summed E-state index contributed by atoms with van der Waals surface area (Å²) in [7, 11) is 0. The quantitative estimate of drug-likeness (QED) is 0.822. The van der Waals surface area contributed by atoms with Gasteiger partial charge in [-0.3, -0.25) is 4.79 Å². The lowest BCUT2D eigenvalue weighted by Crippen LogP contribution is -2.16. The van der Waals surface area contributed by atoms with Gasteiger partial charge >= 0.3 is 0 Å². The number of nitrogens with one attached hydrogen (secondary N) is 1. The molecule has 0 spiro atoms. The molecule has 1 aromatic carbocycles. The Hall–Kier alpha value is -1.42. The van der Waals surface area contributed by atoms with Crippen LogP contribution in [0.25, 0.3) is 0 Å². The van der Waals surface area contributed by atoms with E-state index >= 15 is 0 Å². The van der Waals surface area contributed by atoms with E-state index in [1.54, 1.807) is 6.07 Å². The van der Waals surface area contributed by atoms with Gasteiger partial charge in [0.1, 0.15) is 5.82 Å². The number of halogens is 1. The van der Waals surface area contributed by atoms with Crippen molar-refractivity contribution >= 4 is 11.6 Å². The number of aryl methyl sites for hydroxylation is 1. The molecule has 0 radical (unpaired) electrons. The fourth-order valence-corrected chi connectivity index (χ4v) is 1.46.